The Kier molecular flexibility index (Phi) is 5.77. The highest BCUT2D eigenvalue weighted by Gasteiger charge is 2.34. The summed E-state index contributed by atoms with van der Waals surface area (Å²) in [5, 5.41) is 3.28. The molecule has 0 spiro atoms. The van der Waals surface area contributed by atoms with Crippen molar-refractivity contribution in [1.29, 1.82) is 0 Å². The number of methoxy groups -OCH3 is 1. The van der Waals surface area contributed by atoms with Crippen LogP contribution in [0, 0.1) is 0 Å². The van der Waals surface area contributed by atoms with Crippen molar-refractivity contribution in [2.45, 2.75) is 51.7 Å². The molecule has 94 valence electrons. The molecule has 16 heavy (non-hydrogen) atoms. The molecule has 1 aliphatic heterocycles. The van der Waals surface area contributed by atoms with Crippen LogP contribution in [0.3, 0.4) is 0 Å². The van der Waals surface area contributed by atoms with Crippen molar-refractivity contribution in [3.8, 4) is 0 Å². The predicted molar refractivity (Wildman–Crippen MR) is 64.1 cm³/mol. The first-order chi connectivity index (χ1) is 7.74. The fraction of sp³-hybridized carbons (Fsp3) is 0.917. The predicted octanol–water partition coefficient (Wildman–Crippen LogP) is 1.36. The van der Waals surface area contributed by atoms with Gasteiger partial charge in [0.2, 0.25) is 5.91 Å². The zero-order valence-corrected chi connectivity index (χ0v) is 10.7. The Hall–Kier alpha value is -0.610. The molecular weight excluding hydrogens is 204 g/mol. The monoisotopic (exact) mass is 228 g/mol. The average Bonchev–Trinajstić information content (AvgIpc) is 2.60. The summed E-state index contributed by atoms with van der Waals surface area (Å²) in [5.41, 5.74) is 0. The molecule has 1 aliphatic rings. The highest BCUT2D eigenvalue weighted by molar-refractivity contribution is 5.81. The Morgan fingerprint density at radius 1 is 1.50 bits per heavy atom. The van der Waals surface area contributed by atoms with E-state index in [1.165, 1.54) is 0 Å². The van der Waals surface area contributed by atoms with Crippen LogP contribution in [-0.4, -0.2) is 43.3 Å². The van der Waals surface area contributed by atoms with Gasteiger partial charge in [-0.2, -0.15) is 0 Å². The lowest BCUT2D eigenvalue weighted by atomic mass is 10.1. The van der Waals surface area contributed by atoms with Crippen LogP contribution in [0.15, 0.2) is 0 Å². The van der Waals surface area contributed by atoms with Crippen LogP contribution in [0.1, 0.15) is 39.5 Å². The van der Waals surface area contributed by atoms with Crippen molar-refractivity contribution in [3.05, 3.63) is 0 Å². The van der Waals surface area contributed by atoms with Crippen LogP contribution in [-0.2, 0) is 9.53 Å². The summed E-state index contributed by atoms with van der Waals surface area (Å²) in [7, 11) is 1.70. The van der Waals surface area contributed by atoms with E-state index in [0.717, 1.165) is 25.7 Å². The summed E-state index contributed by atoms with van der Waals surface area (Å²) in [6.07, 6.45) is 4.42. The quantitative estimate of drug-likeness (QED) is 0.715. The lowest BCUT2D eigenvalue weighted by Crippen LogP contribution is -2.46. The van der Waals surface area contributed by atoms with E-state index >= 15 is 0 Å². The standard InChI is InChI=1S/C12H24N2O2/c1-4-6-10(9-16-3)14-11(7-5-2)13-8-12(14)15/h10-11,13H,4-9H2,1-3H3. The molecule has 0 aliphatic carbocycles. The number of amides is 1. The van der Waals surface area contributed by atoms with Crippen molar-refractivity contribution in [2.75, 3.05) is 20.3 Å². The van der Waals surface area contributed by atoms with Crippen molar-refractivity contribution >= 4 is 5.91 Å². The second kappa shape index (κ2) is 6.86. The lowest BCUT2D eigenvalue weighted by Gasteiger charge is -2.32. The first-order valence-corrected chi connectivity index (χ1v) is 6.28. The third-order valence-corrected chi connectivity index (χ3v) is 3.05. The highest BCUT2D eigenvalue weighted by atomic mass is 16.5. The van der Waals surface area contributed by atoms with Gasteiger partial charge in [-0.15, -0.1) is 0 Å². The maximum absolute atomic E-state index is 11.9. The summed E-state index contributed by atoms with van der Waals surface area (Å²) in [5.74, 6) is 0.217. The smallest absolute Gasteiger partial charge is 0.238 e. The van der Waals surface area contributed by atoms with Gasteiger partial charge in [0.15, 0.2) is 0 Å². The second-order valence-corrected chi connectivity index (χ2v) is 4.38. The molecule has 1 heterocycles. The summed E-state index contributed by atoms with van der Waals surface area (Å²) < 4.78 is 5.22. The second-order valence-electron chi connectivity index (χ2n) is 4.38. The van der Waals surface area contributed by atoms with Gasteiger partial charge < -0.3 is 9.64 Å². The summed E-state index contributed by atoms with van der Waals surface area (Å²) >= 11 is 0. The van der Waals surface area contributed by atoms with E-state index in [1.54, 1.807) is 7.11 Å². The van der Waals surface area contributed by atoms with Gasteiger partial charge in [0.25, 0.3) is 0 Å². The van der Waals surface area contributed by atoms with Gasteiger partial charge in [-0.1, -0.05) is 26.7 Å². The molecule has 0 aromatic rings. The number of carbonyl (C=O) groups is 1. The molecule has 0 aromatic carbocycles. The molecular formula is C12H24N2O2. The molecule has 1 N–H and O–H groups in total. The number of hydrogen-bond donors (Lipinski definition) is 1. The highest BCUT2D eigenvalue weighted by Crippen LogP contribution is 2.18. The molecule has 4 heteroatoms. The minimum atomic E-state index is 0.212. The van der Waals surface area contributed by atoms with E-state index in [9.17, 15) is 4.79 Å². The van der Waals surface area contributed by atoms with E-state index in [1.807, 2.05) is 4.90 Å². The SMILES string of the molecule is CCCC(COC)N1C(=O)CNC1CCC. The van der Waals surface area contributed by atoms with Gasteiger partial charge in [0.05, 0.1) is 25.4 Å². The molecule has 2 atom stereocenters. The molecule has 1 saturated heterocycles. The minimum Gasteiger partial charge on any atom is -0.383 e. The molecule has 1 fully saturated rings. The van der Waals surface area contributed by atoms with E-state index in [2.05, 4.69) is 19.2 Å². The van der Waals surface area contributed by atoms with E-state index in [4.69, 9.17) is 4.74 Å². The van der Waals surface area contributed by atoms with Crippen LogP contribution in [0.5, 0.6) is 0 Å². The zero-order chi connectivity index (χ0) is 12.0. The third-order valence-electron chi connectivity index (χ3n) is 3.05. The summed E-state index contributed by atoms with van der Waals surface area (Å²) in [6, 6.07) is 0.231. The fourth-order valence-corrected chi connectivity index (χ4v) is 2.37. The van der Waals surface area contributed by atoms with Crippen molar-refractivity contribution in [3.63, 3.8) is 0 Å². The molecule has 0 bridgehead atoms. The van der Waals surface area contributed by atoms with Gasteiger partial charge in [0, 0.05) is 7.11 Å². The number of nitrogens with zero attached hydrogens (tertiary/aromatic N) is 1. The largest absolute Gasteiger partial charge is 0.383 e. The molecule has 0 saturated carbocycles. The van der Waals surface area contributed by atoms with Gasteiger partial charge in [-0.25, -0.2) is 0 Å². The van der Waals surface area contributed by atoms with Gasteiger partial charge >= 0.3 is 0 Å². The van der Waals surface area contributed by atoms with Gasteiger partial charge in [0.1, 0.15) is 0 Å². The fourth-order valence-electron chi connectivity index (χ4n) is 2.37. The number of rotatable bonds is 7. The van der Waals surface area contributed by atoms with Crippen LogP contribution >= 0.6 is 0 Å². The Bertz CT molecular complexity index is 215. The Labute approximate surface area is 98.3 Å². The molecule has 0 radical (unpaired) electrons. The van der Waals surface area contributed by atoms with Crippen LogP contribution in [0.25, 0.3) is 0 Å². The molecule has 2 unspecified atom stereocenters. The van der Waals surface area contributed by atoms with Crippen molar-refractivity contribution < 1.29 is 9.53 Å². The normalized spacial score (nSPS) is 22.8. The number of carbonyl (C=O) groups excluding carboxylic acids is 1. The summed E-state index contributed by atoms with van der Waals surface area (Å²) in [6.45, 7) is 5.41. The molecule has 4 nitrogen and oxygen atoms in total. The topological polar surface area (TPSA) is 41.6 Å². The van der Waals surface area contributed by atoms with Crippen LogP contribution < -0.4 is 5.32 Å². The Morgan fingerprint density at radius 3 is 2.81 bits per heavy atom. The Balaban J connectivity index is 2.65. The van der Waals surface area contributed by atoms with Crippen LogP contribution in [0.2, 0.25) is 0 Å². The maximum Gasteiger partial charge on any atom is 0.238 e. The van der Waals surface area contributed by atoms with E-state index < -0.39 is 0 Å². The number of hydrogen-bond acceptors (Lipinski definition) is 3. The zero-order valence-electron chi connectivity index (χ0n) is 10.7. The van der Waals surface area contributed by atoms with Crippen molar-refractivity contribution in [1.82, 2.24) is 10.2 Å². The average molecular weight is 228 g/mol. The number of nitrogens with one attached hydrogen (secondary N) is 1. The van der Waals surface area contributed by atoms with E-state index in [0.29, 0.717) is 13.2 Å². The minimum absolute atomic E-state index is 0.212. The van der Waals surface area contributed by atoms with Crippen molar-refractivity contribution in [2.24, 2.45) is 0 Å². The maximum atomic E-state index is 11.9. The number of ether oxygens (including phenoxy) is 1. The molecule has 0 aromatic heterocycles. The lowest BCUT2D eigenvalue weighted by molar-refractivity contribution is -0.131. The van der Waals surface area contributed by atoms with Gasteiger partial charge in [-0.3, -0.25) is 10.1 Å². The Morgan fingerprint density at radius 2 is 2.25 bits per heavy atom. The van der Waals surface area contributed by atoms with E-state index in [-0.39, 0.29) is 18.1 Å². The first-order valence-electron chi connectivity index (χ1n) is 6.28. The summed E-state index contributed by atoms with van der Waals surface area (Å²) in [4.78, 5) is 13.9. The van der Waals surface area contributed by atoms with Gasteiger partial charge in [-0.05, 0) is 12.8 Å². The molecule has 1 rings (SSSR count). The third kappa shape index (κ3) is 3.19. The first kappa shape index (κ1) is 13.5. The molecule has 1 amide bonds. The van der Waals surface area contributed by atoms with Crippen LogP contribution in [0.4, 0.5) is 0 Å².